The van der Waals surface area contributed by atoms with Crippen molar-refractivity contribution in [2.45, 2.75) is 32.4 Å². The van der Waals surface area contributed by atoms with Gasteiger partial charge in [0.2, 0.25) is 11.8 Å². The zero-order chi connectivity index (χ0) is 18.6. The van der Waals surface area contributed by atoms with Gasteiger partial charge in [-0.3, -0.25) is 4.79 Å². The van der Waals surface area contributed by atoms with Gasteiger partial charge in [-0.25, -0.2) is 4.98 Å². The molecule has 28 heavy (non-hydrogen) atoms. The first-order valence-corrected chi connectivity index (χ1v) is 9.43. The first kappa shape index (κ1) is 20.2. The number of aromatic nitrogens is 2. The Morgan fingerprint density at radius 3 is 2.75 bits per heavy atom. The van der Waals surface area contributed by atoms with Gasteiger partial charge < -0.3 is 19.9 Å². The molecule has 1 aromatic carbocycles. The minimum atomic E-state index is 0. The fourth-order valence-electron chi connectivity index (χ4n) is 3.56. The van der Waals surface area contributed by atoms with E-state index in [9.17, 15) is 4.79 Å². The number of likely N-dealkylation sites (tertiary alicyclic amines) is 1. The molecule has 2 aromatic heterocycles. The summed E-state index contributed by atoms with van der Waals surface area (Å²) in [5.41, 5.74) is 7.64. The zero-order valence-corrected chi connectivity index (χ0v) is 16.5. The average molecular weight is 401 g/mol. The lowest BCUT2D eigenvalue weighted by atomic mass is 10.1. The van der Waals surface area contributed by atoms with E-state index in [1.807, 2.05) is 52.1 Å². The number of hydrogen-bond donors (Lipinski definition) is 1. The molecular formula is C21H25ClN4O2. The van der Waals surface area contributed by atoms with Gasteiger partial charge in [-0.15, -0.1) is 12.4 Å². The smallest absolute Gasteiger partial charge is 0.242 e. The molecule has 1 aliphatic rings. The number of benzene rings is 1. The van der Waals surface area contributed by atoms with E-state index in [0.717, 1.165) is 48.1 Å². The number of amides is 1. The molecule has 0 aliphatic carbocycles. The lowest BCUT2D eigenvalue weighted by Gasteiger charge is -2.27. The Kier molecular flexibility index (Phi) is 6.54. The summed E-state index contributed by atoms with van der Waals surface area (Å²) in [6.45, 7) is 2.54. The van der Waals surface area contributed by atoms with Crippen LogP contribution in [0, 0.1) is 0 Å². The Morgan fingerprint density at radius 1 is 1.14 bits per heavy atom. The normalized spacial score (nSPS) is 14.0. The molecular weight excluding hydrogens is 376 g/mol. The summed E-state index contributed by atoms with van der Waals surface area (Å²) in [7, 11) is 0. The Balaban J connectivity index is 0.00000225. The van der Waals surface area contributed by atoms with Crippen molar-refractivity contribution in [3.8, 4) is 11.6 Å². The molecule has 1 fully saturated rings. The summed E-state index contributed by atoms with van der Waals surface area (Å²) >= 11 is 0. The number of nitrogens with two attached hydrogens (primary N) is 1. The monoisotopic (exact) mass is 400 g/mol. The lowest BCUT2D eigenvalue weighted by molar-refractivity contribution is -0.132. The van der Waals surface area contributed by atoms with E-state index < -0.39 is 0 Å². The third-order valence-electron chi connectivity index (χ3n) is 5.04. The molecule has 0 saturated carbocycles. The summed E-state index contributed by atoms with van der Waals surface area (Å²) in [4.78, 5) is 18.8. The fourth-order valence-corrected chi connectivity index (χ4v) is 3.56. The maximum Gasteiger partial charge on any atom is 0.242 e. The summed E-state index contributed by atoms with van der Waals surface area (Å²) in [5, 5.41) is 0.962. The highest BCUT2D eigenvalue weighted by molar-refractivity contribution is 5.88. The van der Waals surface area contributed by atoms with Gasteiger partial charge in [0.1, 0.15) is 12.3 Å². The zero-order valence-electron chi connectivity index (χ0n) is 15.7. The SMILES string of the molecule is Cl.NCc1ccnc(Oc2cccc3c2ccn3CC(=O)N2CCCCC2)c1. The van der Waals surface area contributed by atoms with E-state index in [-0.39, 0.29) is 18.3 Å². The third kappa shape index (κ3) is 4.29. The topological polar surface area (TPSA) is 73.4 Å². The highest BCUT2D eigenvalue weighted by atomic mass is 35.5. The number of carbonyl (C=O) groups is 1. The van der Waals surface area contributed by atoms with E-state index in [2.05, 4.69) is 4.98 Å². The van der Waals surface area contributed by atoms with E-state index in [1.54, 1.807) is 6.20 Å². The van der Waals surface area contributed by atoms with Crippen molar-refractivity contribution >= 4 is 29.2 Å². The maximum absolute atomic E-state index is 12.6. The van der Waals surface area contributed by atoms with Crippen molar-refractivity contribution in [2.24, 2.45) is 5.73 Å². The molecule has 3 heterocycles. The molecule has 1 aliphatic heterocycles. The van der Waals surface area contributed by atoms with Gasteiger partial charge in [-0.1, -0.05) is 6.07 Å². The van der Waals surface area contributed by atoms with Crippen molar-refractivity contribution in [2.75, 3.05) is 13.1 Å². The number of nitrogens with zero attached hydrogens (tertiary/aromatic N) is 3. The highest BCUT2D eigenvalue weighted by Crippen LogP contribution is 2.30. The lowest BCUT2D eigenvalue weighted by Crippen LogP contribution is -2.37. The standard InChI is InChI=1S/C21H24N4O2.ClH/c22-14-16-7-9-23-20(13-16)27-19-6-4-5-18-17(19)8-12-25(18)15-21(26)24-10-2-1-3-11-24;/h4-9,12-13H,1-3,10-11,14-15,22H2;1H. The van der Waals surface area contributed by atoms with Crippen molar-refractivity contribution in [3.63, 3.8) is 0 Å². The van der Waals surface area contributed by atoms with Crippen molar-refractivity contribution in [3.05, 3.63) is 54.4 Å². The second kappa shape index (κ2) is 9.08. The minimum absolute atomic E-state index is 0. The van der Waals surface area contributed by atoms with E-state index in [1.165, 1.54) is 6.42 Å². The van der Waals surface area contributed by atoms with Gasteiger partial charge in [0.15, 0.2) is 0 Å². The number of rotatable bonds is 5. The summed E-state index contributed by atoms with van der Waals surface area (Å²) < 4.78 is 7.98. The van der Waals surface area contributed by atoms with Crippen LogP contribution in [0.25, 0.3) is 10.9 Å². The molecule has 0 atom stereocenters. The minimum Gasteiger partial charge on any atom is -0.438 e. The Bertz CT molecular complexity index is 950. The van der Waals surface area contributed by atoms with E-state index in [4.69, 9.17) is 10.5 Å². The van der Waals surface area contributed by atoms with Crippen LogP contribution in [-0.4, -0.2) is 33.4 Å². The molecule has 148 valence electrons. The van der Waals surface area contributed by atoms with Crippen LogP contribution in [0.2, 0.25) is 0 Å². The van der Waals surface area contributed by atoms with Gasteiger partial charge >= 0.3 is 0 Å². The van der Waals surface area contributed by atoms with Gasteiger partial charge in [-0.05, 0) is 49.1 Å². The number of ether oxygens (including phenoxy) is 1. The van der Waals surface area contributed by atoms with Crippen LogP contribution in [-0.2, 0) is 17.9 Å². The highest BCUT2D eigenvalue weighted by Gasteiger charge is 2.18. The average Bonchev–Trinajstić information content (AvgIpc) is 3.13. The predicted molar refractivity (Wildman–Crippen MR) is 112 cm³/mol. The summed E-state index contributed by atoms with van der Waals surface area (Å²) in [6, 6.07) is 11.6. The Hall–Kier alpha value is -2.57. The molecule has 7 heteroatoms. The van der Waals surface area contributed by atoms with Crippen LogP contribution in [0.15, 0.2) is 48.8 Å². The van der Waals surface area contributed by atoms with Crippen LogP contribution in [0.3, 0.4) is 0 Å². The number of piperidine rings is 1. The molecule has 0 radical (unpaired) electrons. The quantitative estimate of drug-likeness (QED) is 0.708. The third-order valence-corrected chi connectivity index (χ3v) is 5.04. The molecule has 0 bridgehead atoms. The number of fused-ring (bicyclic) bond motifs is 1. The molecule has 4 rings (SSSR count). The van der Waals surface area contributed by atoms with Crippen LogP contribution in [0.4, 0.5) is 0 Å². The molecule has 1 amide bonds. The van der Waals surface area contributed by atoms with Crippen LogP contribution >= 0.6 is 12.4 Å². The molecule has 3 aromatic rings. The Morgan fingerprint density at radius 2 is 1.96 bits per heavy atom. The molecule has 6 nitrogen and oxygen atoms in total. The van der Waals surface area contributed by atoms with Crippen LogP contribution in [0.5, 0.6) is 11.6 Å². The maximum atomic E-state index is 12.6. The van der Waals surface area contributed by atoms with Crippen molar-refractivity contribution < 1.29 is 9.53 Å². The first-order chi connectivity index (χ1) is 13.2. The van der Waals surface area contributed by atoms with Gasteiger partial charge in [-0.2, -0.15) is 0 Å². The van der Waals surface area contributed by atoms with Gasteiger partial charge in [0.05, 0.1) is 5.52 Å². The number of halogens is 1. The predicted octanol–water partition coefficient (Wildman–Crippen LogP) is 3.72. The molecule has 0 spiro atoms. The molecule has 2 N–H and O–H groups in total. The van der Waals surface area contributed by atoms with Crippen molar-refractivity contribution in [1.29, 1.82) is 0 Å². The molecule has 0 unspecified atom stereocenters. The second-order valence-corrected chi connectivity index (χ2v) is 6.88. The summed E-state index contributed by atoms with van der Waals surface area (Å²) in [6.07, 6.45) is 7.07. The van der Waals surface area contributed by atoms with Crippen molar-refractivity contribution in [1.82, 2.24) is 14.5 Å². The molecule has 1 saturated heterocycles. The number of carbonyl (C=O) groups excluding carboxylic acids is 1. The summed E-state index contributed by atoms with van der Waals surface area (Å²) in [5.74, 6) is 1.41. The largest absolute Gasteiger partial charge is 0.438 e. The van der Waals surface area contributed by atoms with E-state index in [0.29, 0.717) is 19.0 Å². The Labute approximate surface area is 170 Å². The van der Waals surface area contributed by atoms with Crippen LogP contribution < -0.4 is 10.5 Å². The van der Waals surface area contributed by atoms with Gasteiger partial charge in [0, 0.05) is 43.5 Å². The second-order valence-electron chi connectivity index (χ2n) is 6.88. The van der Waals surface area contributed by atoms with E-state index >= 15 is 0 Å². The van der Waals surface area contributed by atoms with Gasteiger partial charge in [0.25, 0.3) is 0 Å². The van der Waals surface area contributed by atoms with Crippen LogP contribution in [0.1, 0.15) is 24.8 Å². The fraction of sp³-hybridized carbons (Fsp3) is 0.333. The number of pyridine rings is 1. The number of hydrogen-bond acceptors (Lipinski definition) is 4. The first-order valence-electron chi connectivity index (χ1n) is 9.43.